The summed E-state index contributed by atoms with van der Waals surface area (Å²) in [5, 5.41) is 10.5. The molecule has 0 atom stereocenters. The Labute approximate surface area is 85.7 Å². The molecule has 4 nitrogen and oxygen atoms in total. The van der Waals surface area contributed by atoms with Crippen LogP contribution in [-0.4, -0.2) is 11.0 Å². The molecule has 1 aromatic carbocycles. The predicted molar refractivity (Wildman–Crippen MR) is 38.3 cm³/mol. The second-order valence-electron chi connectivity index (χ2n) is 2.29. The fourth-order valence-corrected chi connectivity index (χ4v) is 1.05. The monoisotopic (exact) mass is 169 g/mol. The number of para-hydroxylation sites is 1. The number of oxazole rings is 1. The molecule has 2 aromatic rings. The fourth-order valence-electron chi connectivity index (χ4n) is 1.05. The number of hydrogen-bond acceptors (Lipinski definition) is 4. The molecule has 2 rings (SSSR count). The molecule has 0 amide bonds. The van der Waals surface area contributed by atoms with Crippen LogP contribution in [0.1, 0.15) is 10.4 Å². The molecule has 5 heteroatoms. The van der Waals surface area contributed by atoms with Gasteiger partial charge in [-0.1, -0.05) is 12.1 Å². The van der Waals surface area contributed by atoms with Crippen molar-refractivity contribution >= 4 is 17.1 Å². The first-order valence-corrected chi connectivity index (χ1v) is 3.32. The van der Waals surface area contributed by atoms with Gasteiger partial charge in [-0.3, -0.25) is 0 Å². The van der Waals surface area contributed by atoms with Crippen LogP contribution in [-0.2, 0) is 0 Å². The standard InChI is InChI=1S/C8H5NO3.Li/c10-8(11)5-2-1-3-6-7(5)9-4-12-6;/h1-4H,(H,10,11);/q;+1/p-1. The van der Waals surface area contributed by atoms with E-state index in [-0.39, 0.29) is 24.4 Å². The quantitative estimate of drug-likeness (QED) is 0.432. The van der Waals surface area contributed by atoms with Crippen LogP contribution < -0.4 is 24.0 Å². The first-order valence-electron chi connectivity index (χ1n) is 3.32. The van der Waals surface area contributed by atoms with E-state index in [1.54, 1.807) is 12.1 Å². The zero-order chi connectivity index (χ0) is 8.55. The summed E-state index contributed by atoms with van der Waals surface area (Å²) in [6.45, 7) is 0. The van der Waals surface area contributed by atoms with Crippen LogP contribution in [0.4, 0.5) is 0 Å². The molecule has 0 aliphatic heterocycles. The number of carboxylic acids is 1. The molecule has 0 saturated heterocycles. The van der Waals surface area contributed by atoms with Gasteiger partial charge in [0.15, 0.2) is 12.0 Å². The second-order valence-corrected chi connectivity index (χ2v) is 2.29. The number of nitrogens with zero attached hydrogens (tertiary/aromatic N) is 1. The smallest absolute Gasteiger partial charge is 0.545 e. The summed E-state index contributed by atoms with van der Waals surface area (Å²) < 4.78 is 4.91. The molecule has 0 fully saturated rings. The van der Waals surface area contributed by atoms with Crippen molar-refractivity contribution in [2.24, 2.45) is 0 Å². The first-order chi connectivity index (χ1) is 5.79. The summed E-state index contributed by atoms with van der Waals surface area (Å²) in [5.41, 5.74) is 0.843. The van der Waals surface area contributed by atoms with Crippen molar-refractivity contribution in [2.75, 3.05) is 0 Å². The van der Waals surface area contributed by atoms with Crippen molar-refractivity contribution in [1.29, 1.82) is 0 Å². The van der Waals surface area contributed by atoms with Crippen LogP contribution in [0.25, 0.3) is 11.1 Å². The molecule has 1 aromatic heterocycles. The summed E-state index contributed by atoms with van der Waals surface area (Å²) in [6, 6.07) is 4.66. The van der Waals surface area contributed by atoms with Crippen LogP contribution in [0.15, 0.2) is 29.0 Å². The third-order valence-electron chi connectivity index (χ3n) is 1.58. The Kier molecular flexibility index (Phi) is 2.76. The Morgan fingerprint density at radius 3 is 2.92 bits per heavy atom. The Morgan fingerprint density at radius 2 is 2.23 bits per heavy atom. The maximum atomic E-state index is 10.5. The van der Waals surface area contributed by atoms with Crippen LogP contribution in [0, 0.1) is 0 Å². The van der Waals surface area contributed by atoms with E-state index in [4.69, 9.17) is 4.42 Å². The maximum absolute atomic E-state index is 10.5. The Hall–Kier alpha value is -1.24. The van der Waals surface area contributed by atoms with E-state index in [0.29, 0.717) is 11.1 Å². The van der Waals surface area contributed by atoms with Gasteiger partial charge in [0.2, 0.25) is 0 Å². The molecule has 0 saturated carbocycles. The topological polar surface area (TPSA) is 66.2 Å². The zero-order valence-electron chi connectivity index (χ0n) is 6.98. The number of carbonyl (C=O) groups is 1. The van der Waals surface area contributed by atoms with Gasteiger partial charge < -0.3 is 14.3 Å². The third kappa shape index (κ3) is 1.59. The van der Waals surface area contributed by atoms with Crippen molar-refractivity contribution in [1.82, 2.24) is 4.98 Å². The molecule has 0 radical (unpaired) electrons. The molecule has 1 heterocycles. The second kappa shape index (κ2) is 3.65. The van der Waals surface area contributed by atoms with Crippen molar-refractivity contribution in [3.05, 3.63) is 30.2 Å². The molecule has 0 unspecified atom stereocenters. The zero-order valence-corrected chi connectivity index (χ0v) is 6.98. The SMILES string of the molecule is O=C([O-])c1cccc2ocnc12.[Li+]. The van der Waals surface area contributed by atoms with E-state index >= 15 is 0 Å². The number of benzene rings is 1. The number of fused-ring (bicyclic) bond motifs is 1. The summed E-state index contributed by atoms with van der Waals surface area (Å²) in [5.74, 6) is -1.24. The molecule has 13 heavy (non-hydrogen) atoms. The van der Waals surface area contributed by atoms with E-state index in [9.17, 15) is 9.90 Å². The van der Waals surface area contributed by atoms with Gasteiger partial charge in [-0.15, -0.1) is 0 Å². The van der Waals surface area contributed by atoms with Crippen LogP contribution in [0.5, 0.6) is 0 Å². The normalized spacial score (nSPS) is 9.54. The van der Waals surface area contributed by atoms with Gasteiger partial charge in [0.1, 0.15) is 5.52 Å². The maximum Gasteiger partial charge on any atom is 1.00 e. The van der Waals surface area contributed by atoms with Crippen molar-refractivity contribution in [2.45, 2.75) is 0 Å². The largest absolute Gasteiger partial charge is 1.00 e. The molecule has 60 valence electrons. The van der Waals surface area contributed by atoms with E-state index < -0.39 is 5.97 Å². The molecule has 0 aliphatic rings. The van der Waals surface area contributed by atoms with Gasteiger partial charge in [-0.05, 0) is 6.07 Å². The number of hydrogen-bond donors (Lipinski definition) is 0. The summed E-state index contributed by atoms with van der Waals surface area (Å²) in [6.07, 6.45) is 1.21. The number of carboxylic acid groups (broad SMARTS) is 1. The number of aromatic nitrogens is 1. The van der Waals surface area contributed by atoms with Gasteiger partial charge in [0.05, 0.1) is 5.97 Å². The molecule has 0 bridgehead atoms. The van der Waals surface area contributed by atoms with Gasteiger partial charge in [-0.25, -0.2) is 4.98 Å². The molecular weight excluding hydrogens is 165 g/mol. The predicted octanol–water partition coefficient (Wildman–Crippen LogP) is -2.80. The third-order valence-corrected chi connectivity index (χ3v) is 1.58. The number of rotatable bonds is 1. The van der Waals surface area contributed by atoms with Gasteiger partial charge in [-0.2, -0.15) is 0 Å². The average Bonchev–Trinajstić information content (AvgIpc) is 2.49. The van der Waals surface area contributed by atoms with Crippen molar-refractivity contribution < 1.29 is 33.2 Å². The van der Waals surface area contributed by atoms with Gasteiger partial charge >= 0.3 is 18.9 Å². The van der Waals surface area contributed by atoms with Crippen molar-refractivity contribution in [3.8, 4) is 0 Å². The van der Waals surface area contributed by atoms with E-state index in [1.807, 2.05) is 0 Å². The van der Waals surface area contributed by atoms with E-state index in [1.165, 1.54) is 12.5 Å². The molecule has 0 spiro atoms. The molecule has 0 aliphatic carbocycles. The first kappa shape index (κ1) is 9.84. The minimum absolute atomic E-state index is 0. The van der Waals surface area contributed by atoms with Gasteiger partial charge in [0, 0.05) is 5.56 Å². The minimum Gasteiger partial charge on any atom is -0.545 e. The number of carbonyl (C=O) groups excluding carboxylic acids is 1. The average molecular weight is 169 g/mol. The minimum atomic E-state index is -1.24. The fraction of sp³-hybridized carbons (Fsp3) is 0. The molecular formula is C8H4LiNO3. The Bertz CT molecular complexity index is 438. The van der Waals surface area contributed by atoms with Crippen LogP contribution in [0.2, 0.25) is 0 Å². The number of aromatic carboxylic acids is 1. The van der Waals surface area contributed by atoms with Crippen molar-refractivity contribution in [3.63, 3.8) is 0 Å². The summed E-state index contributed by atoms with van der Waals surface area (Å²) in [4.78, 5) is 14.3. The molecule has 0 N–H and O–H groups in total. The van der Waals surface area contributed by atoms with Crippen LogP contribution >= 0.6 is 0 Å². The summed E-state index contributed by atoms with van der Waals surface area (Å²) in [7, 11) is 0. The Morgan fingerprint density at radius 1 is 1.46 bits per heavy atom. The van der Waals surface area contributed by atoms with Crippen LogP contribution in [0.3, 0.4) is 0 Å². The van der Waals surface area contributed by atoms with Gasteiger partial charge in [0.25, 0.3) is 0 Å². The van der Waals surface area contributed by atoms with E-state index in [0.717, 1.165) is 0 Å². The summed E-state index contributed by atoms with van der Waals surface area (Å²) >= 11 is 0. The Balaban J connectivity index is 0.000000845. The van der Waals surface area contributed by atoms with E-state index in [2.05, 4.69) is 4.98 Å².